The number of benzene rings is 1. The first kappa shape index (κ1) is 26.2. The Morgan fingerprint density at radius 3 is 1.69 bits per heavy atom. The van der Waals surface area contributed by atoms with Crippen LogP contribution in [0.25, 0.3) is 0 Å². The molecule has 0 aliphatic carbocycles. The second-order valence-electron chi connectivity index (χ2n) is 10.1. The monoisotopic (exact) mass is 522 g/mol. The van der Waals surface area contributed by atoms with Crippen LogP contribution in [0, 0.1) is 0 Å². The second kappa shape index (κ2) is 11.2. The summed E-state index contributed by atoms with van der Waals surface area (Å²) >= 11 is 0. The van der Waals surface area contributed by atoms with Gasteiger partial charge in [0.2, 0.25) is 0 Å². The summed E-state index contributed by atoms with van der Waals surface area (Å²) in [6, 6.07) is 9.82. The van der Waals surface area contributed by atoms with Gasteiger partial charge in [-0.05, 0) is 0 Å². The first-order chi connectivity index (χ1) is 17.5. The molecule has 1 aromatic carbocycles. The molecule has 0 amide bonds. The maximum absolute atomic E-state index is 13.1. The molecule has 200 valence electrons. The van der Waals surface area contributed by atoms with Crippen molar-refractivity contribution in [1.29, 1.82) is 0 Å². The number of allylic oxidation sites excluding steroid dienone is 2. The van der Waals surface area contributed by atoms with Gasteiger partial charge in [-0.15, -0.1) is 0 Å². The first-order valence-electron chi connectivity index (χ1n) is 13.3. The fourth-order valence-corrected chi connectivity index (χ4v) is 9.91. The number of hydrogen-bond donors (Lipinski definition) is 0. The molecular weight excluding hydrogens is 483 g/mol. The predicted octanol–water partition coefficient (Wildman–Crippen LogP) is 5.42. The van der Waals surface area contributed by atoms with Crippen LogP contribution in [0.15, 0.2) is 41.7 Å². The topological polar surface area (TPSA) is 81.7 Å². The number of Topliss-reactive ketones (excluding diaryl/α,β-unsaturated/α-hetero) is 1. The Morgan fingerprint density at radius 1 is 0.833 bits per heavy atom. The zero-order valence-corrected chi connectivity index (χ0v) is 22.3. The van der Waals surface area contributed by atoms with Gasteiger partial charge in [0.15, 0.2) is 0 Å². The van der Waals surface area contributed by atoms with E-state index in [0.29, 0.717) is 31.2 Å². The first-order valence-corrected chi connectivity index (χ1v) is 15.3. The molecule has 0 spiro atoms. The second-order valence-corrected chi connectivity index (χ2v) is 13.3. The van der Waals surface area contributed by atoms with Crippen molar-refractivity contribution in [2.24, 2.45) is 0 Å². The van der Waals surface area contributed by atoms with Gasteiger partial charge in [-0.3, -0.25) is 0 Å². The van der Waals surface area contributed by atoms with E-state index in [9.17, 15) is 4.79 Å². The van der Waals surface area contributed by atoms with Gasteiger partial charge >= 0.3 is 214 Å². The fourth-order valence-electron chi connectivity index (χ4n) is 5.63. The average molecular weight is 523 g/mol. The van der Waals surface area contributed by atoms with Gasteiger partial charge in [0, 0.05) is 0 Å². The predicted molar refractivity (Wildman–Crippen MR) is 135 cm³/mol. The molecule has 1 aromatic rings. The van der Waals surface area contributed by atoms with Crippen LogP contribution in [0.5, 0.6) is 0 Å². The van der Waals surface area contributed by atoms with Gasteiger partial charge < -0.3 is 0 Å². The average Bonchev–Trinajstić information content (AvgIpc) is 3.69. The van der Waals surface area contributed by atoms with Crippen LogP contribution >= 0.6 is 7.51 Å². The normalized spacial score (nSPS) is 32.3. The molecule has 0 aromatic heterocycles. The summed E-state index contributed by atoms with van der Waals surface area (Å²) in [5, 5.41) is 0. The fraction of sp³-hybridized carbons (Fsp3) is 0.667. The zero-order chi connectivity index (χ0) is 25.0. The molecule has 9 heteroatoms. The molecule has 8 nitrogen and oxygen atoms in total. The van der Waals surface area contributed by atoms with E-state index >= 15 is 0 Å². The van der Waals surface area contributed by atoms with Crippen molar-refractivity contribution in [2.45, 2.75) is 76.3 Å². The summed E-state index contributed by atoms with van der Waals surface area (Å²) < 4.78 is 44.9. The molecule has 4 atom stereocenters. The van der Waals surface area contributed by atoms with E-state index in [1.165, 1.54) is 0 Å². The van der Waals surface area contributed by atoms with Gasteiger partial charge in [-0.25, -0.2) is 0 Å². The number of ether oxygens (including phenoxy) is 3. The van der Waals surface area contributed by atoms with Crippen LogP contribution in [0.3, 0.4) is 0 Å². The number of carbonyl (C=O) groups excluding carboxylic acids is 1. The summed E-state index contributed by atoms with van der Waals surface area (Å²) in [5.74, 6) is 0.399. The third-order valence-corrected chi connectivity index (χ3v) is 11.3. The van der Waals surface area contributed by atoms with Crippen molar-refractivity contribution in [3.63, 3.8) is 0 Å². The van der Waals surface area contributed by atoms with Crippen LogP contribution in [0.1, 0.15) is 63.6 Å². The zero-order valence-electron chi connectivity index (χ0n) is 21.4. The Balaban J connectivity index is 1.58. The summed E-state index contributed by atoms with van der Waals surface area (Å²) in [7, 11) is -4.50. The quantitative estimate of drug-likeness (QED) is 0.357. The molecule has 0 bridgehead atoms. The Labute approximate surface area is 213 Å². The standard InChI is InChI=1S/C27H39O8P/c1-20(28)26-21(2)35-36(32-17-23-11-6-14-29-23,33-18-24-12-7-15-30-24,34-19-25-13-8-16-31-25)27(26)22-9-4-3-5-10-22/h3-5,9-10,23-25,27H,6-8,11-19H2,1-2H3. The van der Waals surface area contributed by atoms with E-state index < -0.39 is 13.2 Å². The Hall–Kier alpha value is -1.38. The molecular formula is C27H39O8P. The molecule has 4 heterocycles. The number of ketones is 1. The Morgan fingerprint density at radius 2 is 1.31 bits per heavy atom. The Kier molecular flexibility index (Phi) is 8.13. The summed E-state index contributed by atoms with van der Waals surface area (Å²) in [4.78, 5) is 13.1. The van der Waals surface area contributed by atoms with Gasteiger partial charge in [-0.2, -0.15) is 0 Å². The van der Waals surface area contributed by atoms with E-state index in [4.69, 9.17) is 32.3 Å². The van der Waals surface area contributed by atoms with Crippen LogP contribution < -0.4 is 0 Å². The van der Waals surface area contributed by atoms with Crippen molar-refractivity contribution in [1.82, 2.24) is 0 Å². The molecule has 36 heavy (non-hydrogen) atoms. The van der Waals surface area contributed by atoms with Gasteiger partial charge in [0.25, 0.3) is 0 Å². The van der Waals surface area contributed by atoms with Crippen molar-refractivity contribution >= 4 is 13.3 Å². The van der Waals surface area contributed by atoms with Crippen LogP contribution in [-0.4, -0.2) is 63.7 Å². The summed E-state index contributed by atoms with van der Waals surface area (Å²) in [5.41, 5.74) is 0.758. The van der Waals surface area contributed by atoms with E-state index in [2.05, 4.69) is 0 Å². The number of carbonyl (C=O) groups is 1. The summed E-state index contributed by atoms with van der Waals surface area (Å²) in [6.45, 7) is 6.27. The maximum atomic E-state index is 13.1. The third kappa shape index (κ3) is 5.28. The van der Waals surface area contributed by atoms with E-state index in [0.717, 1.165) is 44.1 Å². The van der Waals surface area contributed by atoms with Crippen molar-refractivity contribution < 1.29 is 37.1 Å². The van der Waals surface area contributed by atoms with E-state index in [1.54, 1.807) is 13.8 Å². The Bertz CT molecular complexity index is 879. The van der Waals surface area contributed by atoms with Crippen LogP contribution in [0.2, 0.25) is 0 Å². The minimum absolute atomic E-state index is 0.0802. The van der Waals surface area contributed by atoms with Crippen molar-refractivity contribution in [3.05, 3.63) is 47.2 Å². The minimum atomic E-state index is -4.50. The SMILES string of the molecule is CC(=O)C1=C(C)OP(OCC2CCCO2)(OCC2CCCO2)(OCC2CCCO2)C1c1ccccc1. The molecule has 4 aliphatic heterocycles. The molecule has 0 radical (unpaired) electrons. The van der Waals surface area contributed by atoms with Gasteiger partial charge in [0.05, 0.1) is 0 Å². The molecule has 0 N–H and O–H groups in total. The molecule has 5 rings (SSSR count). The van der Waals surface area contributed by atoms with E-state index in [1.807, 2.05) is 30.3 Å². The molecule has 4 aliphatic rings. The van der Waals surface area contributed by atoms with Gasteiger partial charge in [0.1, 0.15) is 0 Å². The molecule has 3 fully saturated rings. The van der Waals surface area contributed by atoms with Gasteiger partial charge in [-0.1, -0.05) is 0 Å². The van der Waals surface area contributed by atoms with Crippen LogP contribution in [-0.2, 0) is 37.1 Å². The molecule has 0 saturated carbocycles. The third-order valence-electron chi connectivity index (χ3n) is 7.42. The molecule has 3 saturated heterocycles. The van der Waals surface area contributed by atoms with E-state index in [-0.39, 0.29) is 43.9 Å². The van der Waals surface area contributed by atoms with Crippen molar-refractivity contribution in [2.75, 3.05) is 39.6 Å². The van der Waals surface area contributed by atoms with Crippen LogP contribution in [0.4, 0.5) is 0 Å². The van der Waals surface area contributed by atoms with Crippen molar-refractivity contribution in [3.8, 4) is 0 Å². The number of hydrogen-bond acceptors (Lipinski definition) is 8. The summed E-state index contributed by atoms with van der Waals surface area (Å²) in [6.07, 6.45) is 5.39. The molecule has 4 unspecified atom stereocenters. The number of rotatable bonds is 11.